The number of carboxylic acid groups (broad SMARTS) is 1. The van der Waals surface area contributed by atoms with Crippen molar-refractivity contribution in [1.29, 1.82) is 10.5 Å². The van der Waals surface area contributed by atoms with E-state index in [1.165, 1.54) is 5.56 Å². The van der Waals surface area contributed by atoms with Crippen molar-refractivity contribution in [2.75, 3.05) is 11.4 Å². The second kappa shape index (κ2) is 8.58. The highest BCUT2D eigenvalue weighted by Gasteiger charge is 2.29. The molecule has 2 aliphatic rings. The Labute approximate surface area is 163 Å². The number of nitrogens with zero attached hydrogens (tertiary/aromatic N) is 3. The van der Waals surface area contributed by atoms with Crippen LogP contribution in [0, 0.1) is 28.7 Å². The third-order valence-corrected chi connectivity index (χ3v) is 5.65. The van der Waals surface area contributed by atoms with Gasteiger partial charge < -0.3 is 10.0 Å². The fourth-order valence-corrected chi connectivity index (χ4v) is 4.14. The molecule has 0 bridgehead atoms. The lowest BCUT2D eigenvalue weighted by Gasteiger charge is -2.30. The Morgan fingerprint density at radius 2 is 1.86 bits per heavy atom. The number of aliphatic carboxylic acids is 1. The first kappa shape index (κ1) is 19.4. The maximum Gasteiger partial charge on any atom is 0.303 e. The highest BCUT2D eigenvalue weighted by molar-refractivity contribution is 6.09. The highest BCUT2D eigenvalue weighted by Crippen LogP contribution is 2.37. The van der Waals surface area contributed by atoms with Gasteiger partial charge in [-0.05, 0) is 55.2 Å². The van der Waals surface area contributed by atoms with E-state index in [2.05, 4.69) is 5.32 Å². The molecule has 1 saturated carbocycles. The molecular weight excluding hydrogens is 356 g/mol. The molecule has 1 amide bonds. The number of benzene rings is 1. The molecule has 144 valence electrons. The van der Waals surface area contributed by atoms with Gasteiger partial charge in [-0.25, -0.2) is 0 Å². The largest absolute Gasteiger partial charge is 0.481 e. The third kappa shape index (κ3) is 4.15. The summed E-state index contributed by atoms with van der Waals surface area (Å²) in [7, 11) is 0. The number of carboxylic acids is 1. The van der Waals surface area contributed by atoms with Gasteiger partial charge in [0.15, 0.2) is 6.19 Å². The molecule has 0 atom stereocenters. The zero-order valence-electron chi connectivity index (χ0n) is 15.5. The Balaban J connectivity index is 1.67. The van der Waals surface area contributed by atoms with Crippen LogP contribution < -0.4 is 10.2 Å². The van der Waals surface area contributed by atoms with Crippen molar-refractivity contribution in [3.63, 3.8) is 0 Å². The minimum Gasteiger partial charge on any atom is -0.481 e. The monoisotopic (exact) mass is 378 g/mol. The Bertz CT molecular complexity index is 868. The van der Waals surface area contributed by atoms with Crippen molar-refractivity contribution >= 4 is 17.6 Å². The predicted octanol–water partition coefficient (Wildman–Crippen LogP) is 3.02. The summed E-state index contributed by atoms with van der Waals surface area (Å²) in [6.07, 6.45) is 6.25. The standard InChI is InChI=1S/C21H22N4O3/c22-12-18-19(24-13-23)9-10-25(21(18)28)17-7-5-16(6-8-17)15-3-1-14(2-4-15)11-20(26)27/h5-8,14-15,24H,1-4,9-11H2,(H,26,27)/t14-,15-. The molecule has 1 aliphatic heterocycles. The fraction of sp³-hybridized carbons (Fsp3) is 0.429. The topological polar surface area (TPSA) is 117 Å². The molecule has 1 fully saturated rings. The van der Waals surface area contributed by atoms with E-state index < -0.39 is 11.9 Å². The average Bonchev–Trinajstić information content (AvgIpc) is 2.69. The molecule has 0 unspecified atom stereocenters. The number of nitriles is 2. The van der Waals surface area contributed by atoms with Gasteiger partial charge in [0.25, 0.3) is 5.91 Å². The SMILES string of the molecule is N#CNC1=C(C#N)C(=O)N(c2ccc([C@H]3CC[C@H](CC(=O)O)CC3)cc2)CC1. The number of anilines is 1. The maximum atomic E-state index is 12.6. The van der Waals surface area contributed by atoms with Crippen LogP contribution in [0.2, 0.25) is 0 Å². The number of hydrogen-bond donors (Lipinski definition) is 2. The van der Waals surface area contributed by atoms with Crippen molar-refractivity contribution in [1.82, 2.24) is 5.32 Å². The number of carbonyl (C=O) groups is 2. The summed E-state index contributed by atoms with van der Waals surface area (Å²) in [5.41, 5.74) is 2.29. The molecule has 7 nitrogen and oxygen atoms in total. The quantitative estimate of drug-likeness (QED) is 0.601. The molecule has 1 aliphatic carbocycles. The van der Waals surface area contributed by atoms with E-state index in [4.69, 9.17) is 10.4 Å². The molecule has 1 aromatic rings. The van der Waals surface area contributed by atoms with Crippen LogP contribution in [0.15, 0.2) is 35.5 Å². The molecule has 3 rings (SSSR count). The second-order valence-corrected chi connectivity index (χ2v) is 7.32. The lowest BCUT2D eigenvalue weighted by molar-refractivity contribution is -0.138. The number of amides is 1. The van der Waals surface area contributed by atoms with Gasteiger partial charge in [0, 0.05) is 25.1 Å². The zero-order valence-corrected chi connectivity index (χ0v) is 15.5. The summed E-state index contributed by atoms with van der Waals surface area (Å²) >= 11 is 0. The average molecular weight is 378 g/mol. The van der Waals surface area contributed by atoms with E-state index in [0.29, 0.717) is 24.6 Å². The smallest absolute Gasteiger partial charge is 0.303 e. The second-order valence-electron chi connectivity index (χ2n) is 7.32. The van der Waals surface area contributed by atoms with Crippen LogP contribution in [0.1, 0.15) is 50.0 Å². The highest BCUT2D eigenvalue weighted by atomic mass is 16.4. The van der Waals surface area contributed by atoms with Gasteiger partial charge in [0.1, 0.15) is 11.6 Å². The van der Waals surface area contributed by atoms with Gasteiger partial charge in [-0.15, -0.1) is 0 Å². The van der Waals surface area contributed by atoms with Crippen LogP contribution in [-0.2, 0) is 9.59 Å². The van der Waals surface area contributed by atoms with Crippen molar-refractivity contribution in [3.8, 4) is 12.3 Å². The van der Waals surface area contributed by atoms with Crippen molar-refractivity contribution in [2.24, 2.45) is 5.92 Å². The van der Waals surface area contributed by atoms with Crippen LogP contribution in [0.3, 0.4) is 0 Å². The van der Waals surface area contributed by atoms with E-state index >= 15 is 0 Å². The molecule has 2 N–H and O–H groups in total. The van der Waals surface area contributed by atoms with Crippen molar-refractivity contribution < 1.29 is 14.7 Å². The Kier molecular flexibility index (Phi) is 5.96. The summed E-state index contributed by atoms with van der Waals surface area (Å²) < 4.78 is 0. The van der Waals surface area contributed by atoms with Gasteiger partial charge in [-0.3, -0.25) is 14.9 Å². The first-order valence-electron chi connectivity index (χ1n) is 9.45. The summed E-state index contributed by atoms with van der Waals surface area (Å²) in [6.45, 7) is 0.410. The van der Waals surface area contributed by atoms with Gasteiger partial charge in [0.05, 0.1) is 5.70 Å². The Hall–Kier alpha value is -3.32. The molecule has 0 radical (unpaired) electrons. The van der Waals surface area contributed by atoms with E-state index in [9.17, 15) is 14.9 Å². The lowest BCUT2D eigenvalue weighted by atomic mass is 9.77. The number of carbonyl (C=O) groups excluding carboxylic acids is 1. The molecule has 1 heterocycles. The minimum atomic E-state index is -0.724. The zero-order chi connectivity index (χ0) is 20.1. The summed E-state index contributed by atoms with van der Waals surface area (Å²) in [5, 5.41) is 29.4. The maximum absolute atomic E-state index is 12.6. The van der Waals surface area contributed by atoms with E-state index in [1.807, 2.05) is 30.3 Å². The van der Waals surface area contributed by atoms with Gasteiger partial charge in [-0.2, -0.15) is 10.5 Å². The molecular formula is C21H22N4O3. The Morgan fingerprint density at radius 3 is 2.43 bits per heavy atom. The molecule has 0 aromatic heterocycles. The van der Waals surface area contributed by atoms with E-state index in [1.54, 1.807) is 11.1 Å². The molecule has 0 spiro atoms. The summed E-state index contributed by atoms with van der Waals surface area (Å²) in [5.74, 6) is -0.435. The van der Waals surface area contributed by atoms with Crippen LogP contribution in [-0.4, -0.2) is 23.5 Å². The molecule has 1 aromatic carbocycles. The third-order valence-electron chi connectivity index (χ3n) is 5.65. The molecule has 0 saturated heterocycles. The van der Waals surface area contributed by atoms with E-state index in [-0.39, 0.29) is 17.9 Å². The predicted molar refractivity (Wildman–Crippen MR) is 102 cm³/mol. The van der Waals surface area contributed by atoms with Gasteiger partial charge in [-0.1, -0.05) is 12.1 Å². The van der Waals surface area contributed by atoms with Crippen LogP contribution >= 0.6 is 0 Å². The molecule has 28 heavy (non-hydrogen) atoms. The first-order chi connectivity index (χ1) is 13.5. The van der Waals surface area contributed by atoms with E-state index in [0.717, 1.165) is 31.4 Å². The summed E-state index contributed by atoms with van der Waals surface area (Å²) in [6, 6.07) is 9.73. The van der Waals surface area contributed by atoms with Crippen molar-refractivity contribution in [3.05, 3.63) is 41.1 Å². The van der Waals surface area contributed by atoms with Crippen LogP contribution in [0.5, 0.6) is 0 Å². The lowest BCUT2D eigenvalue weighted by Crippen LogP contribution is -2.39. The molecule has 7 heteroatoms. The first-order valence-corrected chi connectivity index (χ1v) is 9.45. The van der Waals surface area contributed by atoms with Crippen molar-refractivity contribution in [2.45, 2.75) is 44.4 Å². The number of hydrogen-bond acceptors (Lipinski definition) is 5. The number of nitrogens with one attached hydrogen (secondary N) is 1. The number of rotatable bonds is 5. The normalized spacial score (nSPS) is 22.4. The van der Waals surface area contributed by atoms with Gasteiger partial charge in [0.2, 0.25) is 0 Å². The minimum absolute atomic E-state index is 0.0198. The van der Waals surface area contributed by atoms with Gasteiger partial charge >= 0.3 is 5.97 Å². The van der Waals surface area contributed by atoms with Crippen LogP contribution in [0.4, 0.5) is 5.69 Å². The van der Waals surface area contributed by atoms with Crippen LogP contribution in [0.25, 0.3) is 0 Å². The Morgan fingerprint density at radius 1 is 1.18 bits per heavy atom. The fourth-order valence-electron chi connectivity index (χ4n) is 4.14. The summed E-state index contributed by atoms with van der Waals surface area (Å²) in [4.78, 5) is 25.0.